The SMILES string of the molecule is CCCCCCCCCCCCCCCCCCCCCCCCC(=O)O[C@H](COC(=O)CCCCCCCCCCCCCCCCCCCCC(C)C)COP(=O)(O)OC[C@@H](O)COP(=O)(O)OC[C@@H](COC(=O)CCCCCCCCCCC(C)C)OC(=O)CCCCCCCCCCCCCCCC(C)C. The summed E-state index contributed by atoms with van der Waals surface area (Å²) >= 11 is 0. The van der Waals surface area contributed by atoms with Crippen molar-refractivity contribution < 1.29 is 80.2 Å². The standard InChI is InChI=1S/C91H178O17P2/c1-8-9-10-11-12-13-14-15-16-17-18-19-20-21-26-29-34-39-44-53-60-67-74-90(95)107-86(78-101-88(93)72-65-58-51-43-38-33-28-25-23-22-24-27-31-36-41-48-55-62-69-82(2)3)80-105-109(97,98)103-76-85(92)77-104-110(99,100)106-81-87(79-102-89(94)73-66-59-52-47-46-50-57-64-71-84(6)7)108-91(96)75-68-61-54-45-40-35-30-32-37-42-49-56-63-70-83(4)5/h82-87,92H,8-81H2,1-7H3,(H,97,98)(H,99,100)/t85-,86-,87-/m1/s1. The van der Waals surface area contributed by atoms with E-state index in [1.54, 1.807) is 0 Å². The molecule has 0 saturated carbocycles. The lowest BCUT2D eigenvalue weighted by molar-refractivity contribution is -0.161. The molecule has 0 aliphatic heterocycles. The molecule has 0 fully saturated rings. The Morgan fingerprint density at radius 3 is 0.618 bits per heavy atom. The molecule has 0 radical (unpaired) electrons. The van der Waals surface area contributed by atoms with Gasteiger partial charge >= 0.3 is 39.5 Å². The van der Waals surface area contributed by atoms with Gasteiger partial charge in [0, 0.05) is 25.7 Å². The lowest BCUT2D eigenvalue weighted by Gasteiger charge is -2.21. The van der Waals surface area contributed by atoms with E-state index in [0.29, 0.717) is 25.7 Å². The summed E-state index contributed by atoms with van der Waals surface area (Å²) in [4.78, 5) is 73.4. The number of phosphoric acid groups is 2. The fourth-order valence-corrected chi connectivity index (χ4v) is 15.8. The third kappa shape index (κ3) is 84.0. The predicted octanol–water partition coefficient (Wildman–Crippen LogP) is 28.0. The van der Waals surface area contributed by atoms with Crippen LogP contribution in [0.15, 0.2) is 0 Å². The van der Waals surface area contributed by atoms with Crippen molar-refractivity contribution in [1.82, 2.24) is 0 Å². The molecule has 3 N–H and O–H groups in total. The topological polar surface area (TPSA) is 237 Å². The lowest BCUT2D eigenvalue weighted by atomic mass is 10.0. The van der Waals surface area contributed by atoms with Crippen LogP contribution in [-0.4, -0.2) is 96.7 Å². The van der Waals surface area contributed by atoms with Gasteiger partial charge in [0.25, 0.3) is 0 Å². The van der Waals surface area contributed by atoms with Crippen LogP contribution in [0.1, 0.15) is 485 Å². The third-order valence-electron chi connectivity index (χ3n) is 21.4. The van der Waals surface area contributed by atoms with E-state index >= 15 is 0 Å². The summed E-state index contributed by atoms with van der Waals surface area (Å²) in [6.45, 7) is 12.0. The number of aliphatic hydroxyl groups excluding tert-OH is 1. The molecule has 0 heterocycles. The van der Waals surface area contributed by atoms with Crippen molar-refractivity contribution in [2.24, 2.45) is 17.8 Å². The third-order valence-corrected chi connectivity index (χ3v) is 23.3. The lowest BCUT2D eigenvalue weighted by Crippen LogP contribution is -2.30. The molecule has 0 aromatic heterocycles. The minimum absolute atomic E-state index is 0.107. The van der Waals surface area contributed by atoms with Gasteiger partial charge in [0.2, 0.25) is 0 Å². The van der Waals surface area contributed by atoms with Crippen molar-refractivity contribution in [3.8, 4) is 0 Å². The summed E-state index contributed by atoms with van der Waals surface area (Å²) in [5.41, 5.74) is 0. The van der Waals surface area contributed by atoms with Gasteiger partial charge in [-0.3, -0.25) is 37.3 Å². The first kappa shape index (κ1) is 108. The Morgan fingerprint density at radius 2 is 0.418 bits per heavy atom. The number of unbranched alkanes of at least 4 members (excludes halogenated alkanes) is 57. The molecule has 110 heavy (non-hydrogen) atoms. The number of carbonyl (C=O) groups is 4. The maximum Gasteiger partial charge on any atom is 0.472 e. The molecule has 0 bridgehead atoms. The highest BCUT2D eigenvalue weighted by atomic mass is 31.2. The Balaban J connectivity index is 5.23. The average molecular weight is 1610 g/mol. The number of esters is 4. The number of rotatable bonds is 89. The number of phosphoric ester groups is 2. The maximum atomic E-state index is 13.2. The van der Waals surface area contributed by atoms with Crippen molar-refractivity contribution in [2.45, 2.75) is 503 Å². The van der Waals surface area contributed by atoms with Crippen molar-refractivity contribution in [3.63, 3.8) is 0 Å². The van der Waals surface area contributed by atoms with E-state index in [1.165, 1.54) is 295 Å². The Morgan fingerprint density at radius 1 is 0.245 bits per heavy atom. The average Bonchev–Trinajstić information content (AvgIpc) is 0.899. The van der Waals surface area contributed by atoms with Gasteiger partial charge in [-0.2, -0.15) is 0 Å². The number of hydrogen-bond acceptors (Lipinski definition) is 15. The minimum atomic E-state index is -4.97. The smallest absolute Gasteiger partial charge is 0.462 e. The molecule has 2 unspecified atom stereocenters. The van der Waals surface area contributed by atoms with Gasteiger partial charge in [0.05, 0.1) is 26.4 Å². The highest BCUT2D eigenvalue weighted by Crippen LogP contribution is 2.45. The summed E-state index contributed by atoms with van der Waals surface area (Å²) < 4.78 is 69.0. The Kier molecular flexibility index (Phi) is 79.4. The first-order valence-corrected chi connectivity index (χ1v) is 49.8. The van der Waals surface area contributed by atoms with Gasteiger partial charge in [0.1, 0.15) is 19.3 Å². The molecule has 0 saturated heterocycles. The largest absolute Gasteiger partial charge is 0.472 e. The quantitative estimate of drug-likeness (QED) is 0.0222. The number of carbonyl (C=O) groups excluding carboxylic acids is 4. The van der Waals surface area contributed by atoms with Crippen molar-refractivity contribution >= 4 is 39.5 Å². The predicted molar refractivity (Wildman–Crippen MR) is 455 cm³/mol. The normalized spacial score (nSPS) is 13.8. The summed E-state index contributed by atoms with van der Waals surface area (Å²) in [7, 11) is -9.94. The highest BCUT2D eigenvalue weighted by molar-refractivity contribution is 7.47. The van der Waals surface area contributed by atoms with Crippen LogP contribution in [0.25, 0.3) is 0 Å². The monoisotopic (exact) mass is 1610 g/mol. The van der Waals surface area contributed by atoms with Crippen molar-refractivity contribution in [2.75, 3.05) is 39.6 Å². The molecule has 0 aromatic rings. The van der Waals surface area contributed by atoms with Crippen LogP contribution in [0.5, 0.6) is 0 Å². The fourth-order valence-electron chi connectivity index (χ4n) is 14.3. The number of ether oxygens (including phenoxy) is 4. The van der Waals surface area contributed by atoms with Crippen molar-refractivity contribution in [1.29, 1.82) is 0 Å². The summed E-state index contributed by atoms with van der Waals surface area (Å²) in [6, 6.07) is 0. The van der Waals surface area contributed by atoms with Gasteiger partial charge in [-0.05, 0) is 43.4 Å². The zero-order valence-corrected chi connectivity index (χ0v) is 74.5. The molecule has 19 heteroatoms. The molecule has 0 aromatic carbocycles. The van der Waals surface area contributed by atoms with Crippen LogP contribution in [0.3, 0.4) is 0 Å². The van der Waals surface area contributed by atoms with Crippen LogP contribution < -0.4 is 0 Å². The molecule has 0 spiro atoms. The molecule has 0 aliphatic rings. The maximum absolute atomic E-state index is 13.2. The second-order valence-electron chi connectivity index (χ2n) is 34.1. The van der Waals surface area contributed by atoms with E-state index in [4.69, 9.17) is 37.0 Å². The Hall–Kier alpha value is -1.94. The van der Waals surface area contributed by atoms with Gasteiger partial charge in [-0.1, -0.05) is 434 Å². The van der Waals surface area contributed by atoms with E-state index in [0.717, 1.165) is 108 Å². The zero-order valence-electron chi connectivity index (χ0n) is 72.7. The molecular weight excluding hydrogens is 1430 g/mol. The van der Waals surface area contributed by atoms with Crippen LogP contribution in [0.4, 0.5) is 0 Å². The summed E-state index contributed by atoms with van der Waals surface area (Å²) in [5.74, 6) is 0.235. The van der Waals surface area contributed by atoms with E-state index in [9.17, 15) is 43.2 Å². The molecular formula is C91H178O17P2. The van der Waals surface area contributed by atoms with Crippen LogP contribution >= 0.6 is 15.6 Å². The Labute approximate surface area is 677 Å². The van der Waals surface area contributed by atoms with E-state index < -0.39 is 97.5 Å². The molecule has 654 valence electrons. The minimum Gasteiger partial charge on any atom is -0.462 e. The Bertz CT molecular complexity index is 2110. The second kappa shape index (κ2) is 80.8. The first-order valence-electron chi connectivity index (χ1n) is 46.8. The summed E-state index contributed by atoms with van der Waals surface area (Å²) in [5, 5.41) is 10.7. The molecule has 0 amide bonds. The first-order chi connectivity index (χ1) is 53.2. The van der Waals surface area contributed by atoms with Crippen LogP contribution in [0.2, 0.25) is 0 Å². The van der Waals surface area contributed by atoms with Crippen molar-refractivity contribution in [3.05, 3.63) is 0 Å². The fraction of sp³-hybridized carbons (Fsp3) is 0.956. The molecule has 5 atom stereocenters. The van der Waals surface area contributed by atoms with Gasteiger partial charge in [0.15, 0.2) is 12.2 Å². The number of hydrogen-bond donors (Lipinski definition) is 3. The van der Waals surface area contributed by atoms with Gasteiger partial charge in [-0.15, -0.1) is 0 Å². The van der Waals surface area contributed by atoms with E-state index in [-0.39, 0.29) is 25.7 Å². The van der Waals surface area contributed by atoms with Crippen LogP contribution in [0, 0.1) is 17.8 Å². The molecule has 0 aliphatic carbocycles. The van der Waals surface area contributed by atoms with Gasteiger partial charge < -0.3 is 33.8 Å². The molecule has 17 nitrogen and oxygen atoms in total. The highest BCUT2D eigenvalue weighted by Gasteiger charge is 2.31. The van der Waals surface area contributed by atoms with Gasteiger partial charge in [-0.25, -0.2) is 9.13 Å². The van der Waals surface area contributed by atoms with E-state index in [2.05, 4.69) is 48.5 Å². The van der Waals surface area contributed by atoms with Crippen LogP contribution in [-0.2, 0) is 65.4 Å². The zero-order chi connectivity index (χ0) is 80.8. The number of aliphatic hydroxyl groups is 1. The summed E-state index contributed by atoms with van der Waals surface area (Å²) in [6.07, 6.45) is 73.8. The van der Waals surface area contributed by atoms with E-state index in [1.807, 2.05) is 0 Å². The molecule has 0 rings (SSSR count). The second-order valence-corrected chi connectivity index (χ2v) is 37.0.